The van der Waals surface area contributed by atoms with Crippen molar-refractivity contribution in [2.75, 3.05) is 5.32 Å². The zero-order chi connectivity index (χ0) is 12.4. The number of aromatic nitrogens is 1. The van der Waals surface area contributed by atoms with Crippen LogP contribution in [-0.4, -0.2) is 16.9 Å². The van der Waals surface area contributed by atoms with E-state index in [0.717, 1.165) is 18.5 Å². The Morgan fingerprint density at radius 3 is 2.67 bits per heavy atom. The molecule has 1 aliphatic rings. The maximum atomic E-state index is 11.8. The number of anilines is 1. The second kappa shape index (κ2) is 6.50. The van der Waals surface area contributed by atoms with Gasteiger partial charge in [-0.25, -0.2) is 4.98 Å². The van der Waals surface area contributed by atoms with Crippen LogP contribution in [0.1, 0.15) is 37.3 Å². The van der Waals surface area contributed by atoms with Crippen molar-refractivity contribution in [3.8, 4) is 0 Å². The summed E-state index contributed by atoms with van der Waals surface area (Å²) in [6, 6.07) is -0.462. The Bertz CT molecular complexity index is 396. The molecule has 0 saturated carbocycles. The van der Waals surface area contributed by atoms with Crippen molar-refractivity contribution in [3.63, 3.8) is 0 Å². The summed E-state index contributed by atoms with van der Waals surface area (Å²) >= 11 is 1.59. The van der Waals surface area contributed by atoms with Crippen LogP contribution in [0.25, 0.3) is 0 Å². The average Bonchev–Trinajstić information content (AvgIpc) is 2.69. The zero-order valence-corrected chi connectivity index (χ0v) is 12.4. The van der Waals surface area contributed by atoms with Crippen molar-refractivity contribution in [3.05, 3.63) is 10.6 Å². The minimum Gasteiger partial charge on any atom is -0.320 e. The topological polar surface area (TPSA) is 68.0 Å². The van der Waals surface area contributed by atoms with Gasteiger partial charge in [-0.3, -0.25) is 4.79 Å². The lowest BCUT2D eigenvalue weighted by Gasteiger charge is -2.13. The summed E-state index contributed by atoms with van der Waals surface area (Å²) in [7, 11) is 0. The third-order valence-corrected chi connectivity index (χ3v) is 4.17. The molecule has 102 valence electrons. The highest BCUT2D eigenvalue weighted by atomic mass is 35.5. The smallest absolute Gasteiger partial charge is 0.243 e. The number of amides is 1. The van der Waals surface area contributed by atoms with E-state index in [0.29, 0.717) is 5.13 Å². The number of halogens is 1. The highest BCUT2D eigenvalue weighted by Gasteiger charge is 2.20. The number of hydrogen-bond acceptors (Lipinski definition) is 4. The van der Waals surface area contributed by atoms with Crippen LogP contribution < -0.4 is 11.1 Å². The number of carbonyl (C=O) groups is 1. The van der Waals surface area contributed by atoms with Gasteiger partial charge in [-0.05, 0) is 31.6 Å². The number of nitrogens with two attached hydrogens (primary N) is 1. The molecule has 1 heterocycles. The van der Waals surface area contributed by atoms with E-state index in [4.69, 9.17) is 5.73 Å². The minimum absolute atomic E-state index is 0. The van der Waals surface area contributed by atoms with Gasteiger partial charge in [-0.15, -0.1) is 23.7 Å². The molecule has 0 fully saturated rings. The molecule has 1 amide bonds. The Morgan fingerprint density at radius 2 is 2.06 bits per heavy atom. The monoisotopic (exact) mass is 289 g/mol. The minimum atomic E-state index is -0.462. The van der Waals surface area contributed by atoms with Crippen LogP contribution in [0, 0.1) is 5.92 Å². The molecule has 0 spiro atoms. The first-order valence-electron chi connectivity index (χ1n) is 6.13. The Kier molecular flexibility index (Phi) is 5.56. The van der Waals surface area contributed by atoms with Crippen LogP contribution in [0.3, 0.4) is 0 Å². The molecule has 1 aliphatic carbocycles. The summed E-state index contributed by atoms with van der Waals surface area (Å²) in [6.07, 6.45) is 4.57. The van der Waals surface area contributed by atoms with Crippen molar-refractivity contribution in [2.45, 2.75) is 45.6 Å². The molecule has 0 aromatic carbocycles. The maximum Gasteiger partial charge on any atom is 0.243 e. The second-order valence-corrected chi connectivity index (χ2v) is 5.94. The van der Waals surface area contributed by atoms with Crippen LogP contribution in [0.5, 0.6) is 0 Å². The van der Waals surface area contributed by atoms with Crippen LogP contribution in [0.15, 0.2) is 0 Å². The van der Waals surface area contributed by atoms with Gasteiger partial charge >= 0.3 is 0 Å². The van der Waals surface area contributed by atoms with E-state index in [9.17, 15) is 4.79 Å². The third-order valence-electron chi connectivity index (χ3n) is 3.10. The molecule has 0 radical (unpaired) electrons. The molecule has 4 nitrogen and oxygen atoms in total. The van der Waals surface area contributed by atoms with Crippen molar-refractivity contribution in [1.82, 2.24) is 4.98 Å². The van der Waals surface area contributed by atoms with Gasteiger partial charge < -0.3 is 11.1 Å². The maximum absolute atomic E-state index is 11.8. The summed E-state index contributed by atoms with van der Waals surface area (Å²) in [5.41, 5.74) is 6.96. The number of nitrogens with one attached hydrogen (secondary N) is 1. The van der Waals surface area contributed by atoms with E-state index in [1.165, 1.54) is 17.7 Å². The lowest BCUT2D eigenvalue weighted by molar-refractivity contribution is -0.118. The Labute approximate surface area is 118 Å². The van der Waals surface area contributed by atoms with Crippen molar-refractivity contribution in [2.24, 2.45) is 11.7 Å². The van der Waals surface area contributed by atoms with Gasteiger partial charge in [0.05, 0.1) is 11.7 Å². The molecule has 1 aromatic heterocycles. The molecule has 0 aliphatic heterocycles. The van der Waals surface area contributed by atoms with Crippen molar-refractivity contribution >= 4 is 34.8 Å². The number of hydrogen-bond donors (Lipinski definition) is 2. The normalized spacial score (nSPS) is 15.8. The number of carbonyl (C=O) groups excluding carboxylic acids is 1. The fourth-order valence-corrected chi connectivity index (χ4v) is 2.95. The molecular formula is C12H20ClN3OS. The van der Waals surface area contributed by atoms with Gasteiger partial charge in [0.1, 0.15) is 0 Å². The first-order valence-corrected chi connectivity index (χ1v) is 6.94. The van der Waals surface area contributed by atoms with Gasteiger partial charge in [-0.2, -0.15) is 0 Å². The van der Waals surface area contributed by atoms with E-state index in [1.54, 1.807) is 11.3 Å². The molecule has 1 aromatic rings. The first-order chi connectivity index (χ1) is 8.08. The van der Waals surface area contributed by atoms with Gasteiger partial charge in [0.2, 0.25) is 5.91 Å². The first kappa shape index (κ1) is 15.4. The fourth-order valence-electron chi connectivity index (χ4n) is 1.90. The van der Waals surface area contributed by atoms with Crippen LogP contribution in [-0.2, 0) is 17.6 Å². The summed E-state index contributed by atoms with van der Waals surface area (Å²) in [5.74, 6) is 0.00989. The molecular weight excluding hydrogens is 270 g/mol. The molecule has 0 saturated heterocycles. The molecule has 1 unspecified atom stereocenters. The third kappa shape index (κ3) is 3.43. The van der Waals surface area contributed by atoms with Crippen LogP contribution >= 0.6 is 23.7 Å². The summed E-state index contributed by atoms with van der Waals surface area (Å²) in [4.78, 5) is 17.6. The number of thiazole rings is 1. The van der Waals surface area contributed by atoms with E-state index in [1.807, 2.05) is 13.8 Å². The lowest BCUT2D eigenvalue weighted by Crippen LogP contribution is -2.39. The average molecular weight is 290 g/mol. The van der Waals surface area contributed by atoms with Gasteiger partial charge in [-0.1, -0.05) is 13.8 Å². The number of fused-ring (bicyclic) bond motifs is 1. The molecule has 18 heavy (non-hydrogen) atoms. The fraction of sp³-hybridized carbons (Fsp3) is 0.667. The SMILES string of the molecule is CC(C)C(N)C(=O)Nc1nc2c(s1)CCCC2.Cl. The van der Waals surface area contributed by atoms with Crippen molar-refractivity contribution in [1.29, 1.82) is 0 Å². The largest absolute Gasteiger partial charge is 0.320 e. The van der Waals surface area contributed by atoms with E-state index >= 15 is 0 Å². The predicted octanol–water partition coefficient (Wildman–Crippen LogP) is 2.37. The number of aryl methyl sites for hydroxylation is 2. The molecule has 6 heteroatoms. The Balaban J connectivity index is 0.00000162. The summed E-state index contributed by atoms with van der Waals surface area (Å²) in [6.45, 7) is 3.88. The summed E-state index contributed by atoms with van der Waals surface area (Å²) in [5, 5.41) is 3.53. The van der Waals surface area contributed by atoms with Crippen LogP contribution in [0.4, 0.5) is 5.13 Å². The van der Waals surface area contributed by atoms with Gasteiger partial charge in [0.15, 0.2) is 5.13 Å². The second-order valence-electron chi connectivity index (χ2n) is 4.86. The lowest BCUT2D eigenvalue weighted by atomic mass is 10.0. The number of rotatable bonds is 3. The number of nitrogens with zero attached hydrogens (tertiary/aromatic N) is 1. The van der Waals surface area contributed by atoms with Crippen molar-refractivity contribution < 1.29 is 4.79 Å². The Morgan fingerprint density at radius 1 is 1.39 bits per heavy atom. The molecule has 1 atom stereocenters. The molecule has 2 rings (SSSR count). The Hall–Kier alpha value is -0.650. The highest BCUT2D eigenvalue weighted by Crippen LogP contribution is 2.29. The standard InChI is InChI=1S/C12H19N3OS.ClH/c1-7(2)10(13)11(16)15-12-14-8-5-3-4-6-9(8)17-12;/h7,10H,3-6,13H2,1-2H3,(H,14,15,16);1H. The highest BCUT2D eigenvalue weighted by molar-refractivity contribution is 7.15. The van der Waals surface area contributed by atoms with E-state index in [-0.39, 0.29) is 24.2 Å². The van der Waals surface area contributed by atoms with Crippen LogP contribution in [0.2, 0.25) is 0 Å². The van der Waals surface area contributed by atoms with Gasteiger partial charge in [0, 0.05) is 4.88 Å². The molecule has 3 N–H and O–H groups in total. The zero-order valence-electron chi connectivity index (χ0n) is 10.7. The van der Waals surface area contributed by atoms with E-state index in [2.05, 4.69) is 10.3 Å². The predicted molar refractivity (Wildman–Crippen MR) is 77.4 cm³/mol. The quantitative estimate of drug-likeness (QED) is 0.897. The summed E-state index contributed by atoms with van der Waals surface area (Å²) < 4.78 is 0. The van der Waals surface area contributed by atoms with Gasteiger partial charge in [0.25, 0.3) is 0 Å². The van der Waals surface area contributed by atoms with E-state index < -0.39 is 6.04 Å². The molecule has 0 bridgehead atoms.